The van der Waals surface area contributed by atoms with Crippen LogP contribution in [0.4, 0.5) is 0 Å². The molecule has 1 aromatic rings. The summed E-state index contributed by atoms with van der Waals surface area (Å²) < 4.78 is 2.06. The van der Waals surface area contributed by atoms with E-state index in [1.165, 1.54) is 4.57 Å². The molecule has 0 N–H and O–H groups in total. The minimum absolute atomic E-state index is 0.0225. The van der Waals surface area contributed by atoms with Crippen molar-refractivity contribution in [2.24, 2.45) is 13.0 Å². The Kier molecular flexibility index (Phi) is 3.25. The molecule has 1 aromatic heterocycles. The van der Waals surface area contributed by atoms with Gasteiger partial charge in [0.05, 0.1) is 12.0 Å². The molecule has 0 spiro atoms. The van der Waals surface area contributed by atoms with Gasteiger partial charge in [0.15, 0.2) is 0 Å². The van der Waals surface area contributed by atoms with Crippen molar-refractivity contribution >= 4 is 15.9 Å². The molecule has 4 heteroatoms. The van der Waals surface area contributed by atoms with Gasteiger partial charge in [0, 0.05) is 7.05 Å². The average molecular weight is 245 g/mol. The second-order valence-electron chi connectivity index (χ2n) is 3.52. The first-order valence-electron chi connectivity index (χ1n) is 4.22. The summed E-state index contributed by atoms with van der Waals surface area (Å²) in [6.45, 7) is 4.21. The lowest BCUT2D eigenvalue weighted by Gasteiger charge is -2.06. The maximum Gasteiger partial charge on any atom is 0.267 e. The second kappa shape index (κ2) is 4.05. The first kappa shape index (κ1) is 10.4. The van der Waals surface area contributed by atoms with Crippen LogP contribution in [0.5, 0.6) is 0 Å². The van der Waals surface area contributed by atoms with Crippen molar-refractivity contribution in [1.29, 1.82) is 0 Å². The van der Waals surface area contributed by atoms with Crippen molar-refractivity contribution in [3.63, 3.8) is 0 Å². The number of halogens is 1. The highest BCUT2D eigenvalue weighted by atomic mass is 79.9. The first-order chi connectivity index (χ1) is 6.02. The maximum absolute atomic E-state index is 11.4. The predicted octanol–water partition coefficient (Wildman–Crippen LogP) is 1.74. The second-order valence-corrected chi connectivity index (χ2v) is 4.31. The number of hydrogen-bond donors (Lipinski definition) is 0. The van der Waals surface area contributed by atoms with Gasteiger partial charge in [-0.1, -0.05) is 13.8 Å². The Balaban J connectivity index is 3.11. The van der Waals surface area contributed by atoms with Crippen LogP contribution in [-0.4, -0.2) is 9.55 Å². The molecule has 0 atom stereocenters. The lowest BCUT2D eigenvalue weighted by molar-refractivity contribution is 0.624. The van der Waals surface area contributed by atoms with Gasteiger partial charge in [-0.25, -0.2) is 4.98 Å². The third kappa shape index (κ3) is 2.40. The molecule has 0 aromatic carbocycles. The van der Waals surface area contributed by atoms with Crippen LogP contribution < -0.4 is 5.56 Å². The summed E-state index contributed by atoms with van der Waals surface area (Å²) in [5, 5.41) is 0. The van der Waals surface area contributed by atoms with E-state index >= 15 is 0 Å². The molecule has 1 rings (SSSR count). The molecule has 0 amide bonds. The molecule has 13 heavy (non-hydrogen) atoms. The van der Waals surface area contributed by atoms with Crippen molar-refractivity contribution in [2.45, 2.75) is 20.3 Å². The largest absolute Gasteiger partial charge is 0.301 e. The third-order valence-electron chi connectivity index (χ3n) is 1.75. The molecular weight excluding hydrogens is 232 g/mol. The molecule has 0 fully saturated rings. The van der Waals surface area contributed by atoms with E-state index in [-0.39, 0.29) is 5.56 Å². The quantitative estimate of drug-likeness (QED) is 0.795. The van der Waals surface area contributed by atoms with Crippen LogP contribution in [0.1, 0.15) is 19.5 Å². The lowest BCUT2D eigenvalue weighted by Crippen LogP contribution is -2.20. The van der Waals surface area contributed by atoms with Crippen LogP contribution in [0.25, 0.3) is 0 Å². The van der Waals surface area contributed by atoms with Crippen molar-refractivity contribution < 1.29 is 0 Å². The molecule has 72 valence electrons. The van der Waals surface area contributed by atoms with Gasteiger partial charge in [0.2, 0.25) is 0 Å². The highest BCUT2D eigenvalue weighted by Crippen LogP contribution is 2.12. The van der Waals surface area contributed by atoms with E-state index in [1.54, 1.807) is 13.4 Å². The zero-order valence-electron chi connectivity index (χ0n) is 8.04. The van der Waals surface area contributed by atoms with Gasteiger partial charge in [-0.2, -0.15) is 0 Å². The lowest BCUT2D eigenvalue weighted by atomic mass is 10.1. The molecule has 0 saturated heterocycles. The van der Waals surface area contributed by atoms with Crippen LogP contribution in [0.2, 0.25) is 0 Å². The monoisotopic (exact) mass is 244 g/mol. The van der Waals surface area contributed by atoms with E-state index in [2.05, 4.69) is 34.8 Å². The molecule has 0 aliphatic heterocycles. The highest BCUT2D eigenvalue weighted by Gasteiger charge is 2.08. The van der Waals surface area contributed by atoms with E-state index < -0.39 is 0 Å². The van der Waals surface area contributed by atoms with E-state index in [4.69, 9.17) is 0 Å². The molecule has 1 heterocycles. The molecule has 0 aliphatic carbocycles. The smallest absolute Gasteiger partial charge is 0.267 e. The number of rotatable bonds is 2. The Morgan fingerprint density at radius 1 is 1.62 bits per heavy atom. The van der Waals surface area contributed by atoms with Crippen LogP contribution in [0.15, 0.2) is 15.6 Å². The summed E-state index contributed by atoms with van der Waals surface area (Å²) in [6.07, 6.45) is 2.39. The number of aromatic nitrogens is 2. The fourth-order valence-electron chi connectivity index (χ4n) is 1.07. The van der Waals surface area contributed by atoms with Gasteiger partial charge in [-0.05, 0) is 28.3 Å². The van der Waals surface area contributed by atoms with Gasteiger partial charge in [-0.15, -0.1) is 0 Å². The van der Waals surface area contributed by atoms with E-state index in [0.29, 0.717) is 10.4 Å². The molecule has 0 saturated carbocycles. The Bertz CT molecular complexity index is 357. The predicted molar refractivity (Wildman–Crippen MR) is 55.7 cm³/mol. The summed E-state index contributed by atoms with van der Waals surface area (Å²) >= 11 is 3.26. The van der Waals surface area contributed by atoms with Crippen molar-refractivity contribution in [3.05, 3.63) is 26.8 Å². The zero-order valence-corrected chi connectivity index (χ0v) is 9.63. The Morgan fingerprint density at radius 3 is 2.77 bits per heavy atom. The highest BCUT2D eigenvalue weighted by molar-refractivity contribution is 9.10. The fraction of sp³-hybridized carbons (Fsp3) is 0.556. The molecule has 0 bridgehead atoms. The van der Waals surface area contributed by atoms with E-state index in [1.807, 2.05) is 0 Å². The summed E-state index contributed by atoms with van der Waals surface area (Å²) in [5.41, 5.74) is 0.823. The summed E-state index contributed by atoms with van der Waals surface area (Å²) in [5.74, 6) is 0.510. The van der Waals surface area contributed by atoms with Gasteiger partial charge in [0.25, 0.3) is 5.56 Å². The van der Waals surface area contributed by atoms with Crippen LogP contribution in [0.3, 0.4) is 0 Å². The van der Waals surface area contributed by atoms with Crippen LogP contribution in [0, 0.1) is 5.92 Å². The van der Waals surface area contributed by atoms with Gasteiger partial charge < -0.3 is 4.57 Å². The van der Waals surface area contributed by atoms with Gasteiger partial charge >= 0.3 is 0 Å². The Hall–Kier alpha value is -0.640. The van der Waals surface area contributed by atoms with Gasteiger partial charge in [-0.3, -0.25) is 4.79 Å². The average Bonchev–Trinajstić information content (AvgIpc) is 2.06. The molecule has 0 aliphatic rings. The fourth-order valence-corrected chi connectivity index (χ4v) is 1.62. The van der Waals surface area contributed by atoms with Crippen LogP contribution in [-0.2, 0) is 13.5 Å². The van der Waals surface area contributed by atoms with E-state index in [9.17, 15) is 4.79 Å². The molecule has 0 unspecified atom stereocenters. The minimum Gasteiger partial charge on any atom is -0.301 e. The van der Waals surface area contributed by atoms with Crippen molar-refractivity contribution in [3.8, 4) is 0 Å². The van der Waals surface area contributed by atoms with Crippen molar-refractivity contribution in [2.75, 3.05) is 0 Å². The first-order valence-corrected chi connectivity index (χ1v) is 5.01. The van der Waals surface area contributed by atoms with Gasteiger partial charge in [0.1, 0.15) is 4.47 Å². The summed E-state index contributed by atoms with van der Waals surface area (Å²) in [4.78, 5) is 15.6. The molecular formula is C9H13BrN2O. The summed E-state index contributed by atoms with van der Waals surface area (Å²) in [6, 6.07) is 0. The zero-order chi connectivity index (χ0) is 10.0. The van der Waals surface area contributed by atoms with Crippen molar-refractivity contribution in [1.82, 2.24) is 9.55 Å². The number of aryl methyl sites for hydroxylation is 1. The molecule has 0 radical (unpaired) electrons. The number of nitrogens with zero attached hydrogens (tertiary/aromatic N) is 2. The SMILES string of the molecule is CC(C)Cc1ncn(C)c(=O)c1Br. The topological polar surface area (TPSA) is 34.9 Å². The van der Waals surface area contributed by atoms with Crippen LogP contribution >= 0.6 is 15.9 Å². The standard InChI is InChI=1S/C9H13BrN2O/c1-6(2)4-7-8(10)9(13)12(3)5-11-7/h5-6H,4H2,1-3H3. The normalized spacial score (nSPS) is 10.8. The van der Waals surface area contributed by atoms with E-state index in [0.717, 1.165) is 12.1 Å². The third-order valence-corrected chi connectivity index (χ3v) is 2.55. The Morgan fingerprint density at radius 2 is 2.23 bits per heavy atom. The Labute approximate surface area is 85.9 Å². The summed E-state index contributed by atoms with van der Waals surface area (Å²) in [7, 11) is 1.69. The molecule has 3 nitrogen and oxygen atoms in total. The number of hydrogen-bond acceptors (Lipinski definition) is 2. The maximum atomic E-state index is 11.4. The minimum atomic E-state index is -0.0225.